The molecule has 0 aliphatic heterocycles. The molecule has 18 heavy (non-hydrogen) atoms. The van der Waals surface area contributed by atoms with Gasteiger partial charge in [0.1, 0.15) is 0 Å². The number of aliphatic hydroxyl groups excluding tert-OH is 1. The summed E-state index contributed by atoms with van der Waals surface area (Å²) < 4.78 is 5.80. The average molecular weight is 247 g/mol. The number of hydrogen-bond acceptors (Lipinski definition) is 3. The topological polar surface area (TPSA) is 78.2 Å². The summed E-state index contributed by atoms with van der Waals surface area (Å²) in [6.07, 6.45) is 1.56. The van der Waals surface area contributed by atoms with E-state index in [1.807, 2.05) is 30.3 Å². The zero-order valence-corrected chi connectivity index (χ0v) is 10.1. The van der Waals surface area contributed by atoms with Crippen molar-refractivity contribution in [1.29, 1.82) is 0 Å². The van der Waals surface area contributed by atoms with E-state index in [4.69, 9.17) is 10.3 Å². The molecule has 5 nitrogen and oxygen atoms in total. The molecule has 0 heterocycles. The Balaban J connectivity index is 1.85. The first kappa shape index (κ1) is 12.9. The monoisotopic (exact) mass is 247 g/mol. The van der Waals surface area contributed by atoms with Gasteiger partial charge in [0.15, 0.2) is 0 Å². The first-order valence-electron chi connectivity index (χ1n) is 6.17. The van der Waals surface area contributed by atoms with Crippen molar-refractivity contribution >= 4 is 0 Å². The van der Waals surface area contributed by atoms with E-state index in [1.165, 1.54) is 0 Å². The van der Waals surface area contributed by atoms with Crippen LogP contribution in [0.5, 0.6) is 0 Å². The molecule has 1 aliphatic carbocycles. The molecule has 0 radical (unpaired) electrons. The maximum atomic E-state index is 9.68. The largest absolute Gasteiger partial charge is 0.393 e. The summed E-state index contributed by atoms with van der Waals surface area (Å²) >= 11 is 0. The van der Waals surface area contributed by atoms with Crippen molar-refractivity contribution in [2.24, 2.45) is 5.11 Å². The second-order valence-corrected chi connectivity index (χ2v) is 4.57. The Morgan fingerprint density at radius 2 is 2.11 bits per heavy atom. The third-order valence-corrected chi connectivity index (χ3v) is 3.26. The van der Waals surface area contributed by atoms with Crippen LogP contribution in [0.1, 0.15) is 24.8 Å². The normalized spacial score (nSPS) is 27.5. The highest BCUT2D eigenvalue weighted by Crippen LogP contribution is 2.25. The Morgan fingerprint density at radius 1 is 1.33 bits per heavy atom. The quantitative estimate of drug-likeness (QED) is 0.504. The van der Waals surface area contributed by atoms with Crippen LogP contribution in [0.25, 0.3) is 10.4 Å². The molecular weight excluding hydrogens is 230 g/mol. The van der Waals surface area contributed by atoms with Gasteiger partial charge >= 0.3 is 0 Å². The van der Waals surface area contributed by atoms with Crippen LogP contribution in [-0.2, 0) is 11.3 Å². The SMILES string of the molecule is [N-]=[N+]=N[C@H]1C[C@@H](OCc2ccccc2)CC[C@@H]1O. The Morgan fingerprint density at radius 3 is 2.83 bits per heavy atom. The number of nitrogens with zero attached hydrogens (tertiary/aromatic N) is 3. The Hall–Kier alpha value is -1.55. The lowest BCUT2D eigenvalue weighted by molar-refractivity contribution is -0.0207. The van der Waals surface area contributed by atoms with Crippen molar-refractivity contribution < 1.29 is 9.84 Å². The molecule has 1 fully saturated rings. The number of benzene rings is 1. The maximum Gasteiger partial charge on any atom is 0.0720 e. The summed E-state index contributed by atoms with van der Waals surface area (Å²) in [5, 5.41) is 13.3. The van der Waals surface area contributed by atoms with Crippen molar-refractivity contribution in [3.05, 3.63) is 46.3 Å². The van der Waals surface area contributed by atoms with E-state index in [1.54, 1.807) is 0 Å². The van der Waals surface area contributed by atoms with Crippen molar-refractivity contribution in [3.8, 4) is 0 Å². The van der Waals surface area contributed by atoms with Gasteiger partial charge in [-0.3, -0.25) is 0 Å². The minimum atomic E-state index is -0.530. The van der Waals surface area contributed by atoms with E-state index in [-0.39, 0.29) is 12.1 Å². The molecule has 2 rings (SSSR count). The molecule has 0 spiro atoms. The van der Waals surface area contributed by atoms with E-state index in [2.05, 4.69) is 10.0 Å². The third kappa shape index (κ3) is 3.47. The van der Waals surface area contributed by atoms with Gasteiger partial charge in [0.25, 0.3) is 0 Å². The van der Waals surface area contributed by atoms with Gasteiger partial charge in [-0.15, -0.1) is 0 Å². The van der Waals surface area contributed by atoms with Gasteiger partial charge in [-0.05, 0) is 30.4 Å². The summed E-state index contributed by atoms with van der Waals surface area (Å²) in [7, 11) is 0. The van der Waals surface area contributed by atoms with Crippen molar-refractivity contribution in [3.63, 3.8) is 0 Å². The van der Waals surface area contributed by atoms with E-state index in [0.29, 0.717) is 19.4 Å². The molecule has 0 amide bonds. The van der Waals surface area contributed by atoms with Crippen LogP contribution in [0.4, 0.5) is 0 Å². The Kier molecular flexibility index (Phi) is 4.59. The van der Waals surface area contributed by atoms with Crippen LogP contribution in [0.3, 0.4) is 0 Å². The summed E-state index contributed by atoms with van der Waals surface area (Å²) in [6, 6.07) is 9.60. The molecular formula is C13H17N3O2. The second kappa shape index (κ2) is 6.40. The minimum Gasteiger partial charge on any atom is -0.393 e. The molecule has 3 atom stereocenters. The fraction of sp³-hybridized carbons (Fsp3) is 0.538. The predicted molar refractivity (Wildman–Crippen MR) is 67.8 cm³/mol. The lowest BCUT2D eigenvalue weighted by Crippen LogP contribution is -2.35. The molecule has 5 heteroatoms. The molecule has 1 aromatic rings. The first-order valence-corrected chi connectivity index (χ1v) is 6.17. The summed E-state index contributed by atoms with van der Waals surface area (Å²) in [6.45, 7) is 0.560. The van der Waals surface area contributed by atoms with E-state index in [0.717, 1.165) is 12.0 Å². The molecule has 0 saturated heterocycles. The fourth-order valence-electron chi connectivity index (χ4n) is 2.22. The number of aliphatic hydroxyl groups is 1. The maximum absolute atomic E-state index is 9.68. The van der Waals surface area contributed by atoms with Crippen LogP contribution in [0.15, 0.2) is 35.4 Å². The van der Waals surface area contributed by atoms with Crippen molar-refractivity contribution in [2.75, 3.05) is 0 Å². The molecule has 96 valence electrons. The number of hydrogen-bond donors (Lipinski definition) is 1. The lowest BCUT2D eigenvalue weighted by atomic mass is 9.91. The van der Waals surface area contributed by atoms with Gasteiger partial charge < -0.3 is 9.84 Å². The van der Waals surface area contributed by atoms with Crippen molar-refractivity contribution in [1.82, 2.24) is 0 Å². The standard InChI is InChI=1S/C13H17N3O2/c14-16-15-12-8-11(6-7-13(12)17)18-9-10-4-2-1-3-5-10/h1-5,11-13,17H,6-9H2/t11-,12-,13-/m0/s1. The molecule has 1 N–H and O–H groups in total. The molecule has 0 bridgehead atoms. The smallest absolute Gasteiger partial charge is 0.0720 e. The summed E-state index contributed by atoms with van der Waals surface area (Å²) in [5.41, 5.74) is 9.57. The van der Waals surface area contributed by atoms with E-state index >= 15 is 0 Å². The Bertz CT molecular complexity index is 418. The van der Waals surface area contributed by atoms with Gasteiger partial charge in [-0.2, -0.15) is 0 Å². The highest BCUT2D eigenvalue weighted by molar-refractivity contribution is 5.13. The first-order chi connectivity index (χ1) is 8.79. The zero-order chi connectivity index (χ0) is 12.8. The zero-order valence-electron chi connectivity index (χ0n) is 10.1. The third-order valence-electron chi connectivity index (χ3n) is 3.26. The highest BCUT2D eigenvalue weighted by Gasteiger charge is 2.28. The van der Waals surface area contributed by atoms with Gasteiger partial charge in [-0.25, -0.2) is 0 Å². The minimum absolute atomic E-state index is 0.0594. The van der Waals surface area contributed by atoms with Crippen LogP contribution in [0.2, 0.25) is 0 Å². The van der Waals surface area contributed by atoms with Crippen molar-refractivity contribution in [2.45, 2.75) is 44.1 Å². The van der Waals surface area contributed by atoms with Gasteiger partial charge in [-0.1, -0.05) is 35.4 Å². The molecule has 1 saturated carbocycles. The number of ether oxygens (including phenoxy) is 1. The van der Waals surface area contributed by atoms with Gasteiger partial charge in [0.2, 0.25) is 0 Å². The van der Waals surface area contributed by atoms with Crippen LogP contribution < -0.4 is 0 Å². The van der Waals surface area contributed by atoms with Gasteiger partial charge in [0, 0.05) is 4.91 Å². The van der Waals surface area contributed by atoms with Crippen LogP contribution in [-0.4, -0.2) is 23.4 Å². The average Bonchev–Trinajstić information content (AvgIpc) is 2.41. The predicted octanol–water partition coefficient (Wildman–Crippen LogP) is 2.80. The molecule has 1 aliphatic rings. The summed E-state index contributed by atoms with van der Waals surface area (Å²) in [4.78, 5) is 2.77. The second-order valence-electron chi connectivity index (χ2n) is 4.57. The Labute approximate surface area is 106 Å². The number of azide groups is 1. The summed E-state index contributed by atoms with van der Waals surface area (Å²) in [5.74, 6) is 0. The molecule has 0 aromatic heterocycles. The van der Waals surface area contributed by atoms with Crippen LogP contribution >= 0.6 is 0 Å². The van der Waals surface area contributed by atoms with Crippen LogP contribution in [0, 0.1) is 0 Å². The highest BCUT2D eigenvalue weighted by atomic mass is 16.5. The fourth-order valence-corrected chi connectivity index (χ4v) is 2.22. The molecule has 0 unspecified atom stereocenters. The van der Waals surface area contributed by atoms with Gasteiger partial charge in [0.05, 0.1) is 24.9 Å². The van der Waals surface area contributed by atoms with E-state index in [9.17, 15) is 5.11 Å². The number of rotatable bonds is 4. The van der Waals surface area contributed by atoms with E-state index < -0.39 is 6.10 Å². The molecule has 1 aromatic carbocycles. The lowest BCUT2D eigenvalue weighted by Gasteiger charge is -2.30.